The molecule has 1 unspecified atom stereocenters. The first-order valence-electron chi connectivity index (χ1n) is 4.06. The lowest BCUT2D eigenvalue weighted by Gasteiger charge is -2.13. The van der Waals surface area contributed by atoms with Crippen LogP contribution in [0.2, 0.25) is 0 Å². The van der Waals surface area contributed by atoms with Crippen molar-refractivity contribution in [3.8, 4) is 0 Å². The van der Waals surface area contributed by atoms with E-state index in [1.807, 2.05) is 6.92 Å². The van der Waals surface area contributed by atoms with E-state index >= 15 is 0 Å². The van der Waals surface area contributed by atoms with E-state index in [4.69, 9.17) is 0 Å². The quantitative estimate of drug-likeness (QED) is 0.643. The van der Waals surface area contributed by atoms with Gasteiger partial charge in [-0.15, -0.1) is 0 Å². The number of likely N-dealkylation sites (N-methyl/N-ethyl adjacent to an activating group) is 1. The van der Waals surface area contributed by atoms with Gasteiger partial charge >= 0.3 is 0 Å². The molecule has 0 aromatic rings. The summed E-state index contributed by atoms with van der Waals surface area (Å²) in [4.78, 5) is 0. The highest BCUT2D eigenvalue weighted by Crippen LogP contribution is 1.95. The summed E-state index contributed by atoms with van der Waals surface area (Å²) < 4.78 is 24.9. The highest BCUT2D eigenvalue weighted by Gasteiger charge is 2.15. The highest BCUT2D eigenvalue weighted by molar-refractivity contribution is 7.90. The zero-order valence-corrected chi connectivity index (χ0v) is 8.90. The molecular formula is C7H18N2O2S. The Morgan fingerprint density at radius 2 is 1.75 bits per heavy atom. The fourth-order valence-corrected chi connectivity index (χ4v) is 1.33. The molecule has 74 valence electrons. The van der Waals surface area contributed by atoms with E-state index in [1.54, 1.807) is 20.9 Å². The maximum Gasteiger partial charge on any atom is 0.213 e. The molecule has 0 spiro atoms. The smallest absolute Gasteiger partial charge is 0.213 e. The third kappa shape index (κ3) is 4.04. The van der Waals surface area contributed by atoms with Crippen molar-refractivity contribution in [3.05, 3.63) is 0 Å². The summed E-state index contributed by atoms with van der Waals surface area (Å²) in [5, 5.41) is 2.59. The SMILES string of the molecule is CNC(C)CNS(=O)(=O)C(C)C. The molecule has 0 aromatic heterocycles. The maximum absolute atomic E-state index is 11.2. The summed E-state index contributed by atoms with van der Waals surface area (Å²) in [6.45, 7) is 5.68. The molecule has 2 N–H and O–H groups in total. The molecule has 1 atom stereocenters. The molecule has 0 saturated heterocycles. The third-order valence-electron chi connectivity index (χ3n) is 1.70. The minimum atomic E-state index is -3.09. The predicted molar refractivity (Wildman–Crippen MR) is 50.6 cm³/mol. The molecule has 0 aliphatic carbocycles. The molecule has 0 heterocycles. The lowest BCUT2D eigenvalue weighted by Crippen LogP contribution is -2.39. The Kier molecular flexibility index (Phi) is 4.74. The van der Waals surface area contributed by atoms with Crippen LogP contribution in [0.4, 0.5) is 0 Å². The van der Waals surface area contributed by atoms with Crippen LogP contribution in [0.3, 0.4) is 0 Å². The molecular weight excluding hydrogens is 176 g/mol. The van der Waals surface area contributed by atoms with Crippen LogP contribution in [0, 0.1) is 0 Å². The summed E-state index contributed by atoms with van der Waals surface area (Å²) in [7, 11) is -1.29. The van der Waals surface area contributed by atoms with Gasteiger partial charge in [-0.25, -0.2) is 13.1 Å². The number of hydrogen-bond donors (Lipinski definition) is 2. The van der Waals surface area contributed by atoms with E-state index in [2.05, 4.69) is 10.0 Å². The van der Waals surface area contributed by atoms with Crippen molar-refractivity contribution in [3.63, 3.8) is 0 Å². The Hall–Kier alpha value is -0.130. The number of sulfonamides is 1. The topological polar surface area (TPSA) is 58.2 Å². The van der Waals surface area contributed by atoms with Gasteiger partial charge in [0.25, 0.3) is 0 Å². The second-order valence-corrected chi connectivity index (χ2v) is 5.45. The standard InChI is InChI=1S/C7H18N2O2S/c1-6(2)12(10,11)9-5-7(3)8-4/h6-9H,5H2,1-4H3. The van der Waals surface area contributed by atoms with Crippen molar-refractivity contribution < 1.29 is 8.42 Å². The monoisotopic (exact) mass is 194 g/mol. The average molecular weight is 194 g/mol. The summed E-state index contributed by atoms with van der Waals surface area (Å²) in [5.74, 6) is 0. The molecule has 0 aliphatic rings. The van der Waals surface area contributed by atoms with Crippen LogP contribution >= 0.6 is 0 Å². The van der Waals surface area contributed by atoms with Gasteiger partial charge in [-0.3, -0.25) is 0 Å². The van der Waals surface area contributed by atoms with Gasteiger partial charge in [-0.2, -0.15) is 0 Å². The van der Waals surface area contributed by atoms with Gasteiger partial charge in [-0.1, -0.05) is 0 Å². The largest absolute Gasteiger partial charge is 0.316 e. The van der Waals surface area contributed by atoms with E-state index in [9.17, 15) is 8.42 Å². The van der Waals surface area contributed by atoms with Gasteiger partial charge in [0.1, 0.15) is 0 Å². The first-order chi connectivity index (χ1) is 5.40. The zero-order valence-electron chi connectivity index (χ0n) is 8.09. The molecule has 0 saturated carbocycles. The summed E-state index contributed by atoms with van der Waals surface area (Å²) in [5.41, 5.74) is 0. The molecule has 0 radical (unpaired) electrons. The fourth-order valence-electron chi connectivity index (χ4n) is 0.510. The molecule has 0 fully saturated rings. The Morgan fingerprint density at radius 1 is 1.25 bits per heavy atom. The highest BCUT2D eigenvalue weighted by atomic mass is 32.2. The fraction of sp³-hybridized carbons (Fsp3) is 1.00. The molecule has 0 amide bonds. The van der Waals surface area contributed by atoms with Crippen molar-refractivity contribution in [2.24, 2.45) is 0 Å². The summed E-state index contributed by atoms with van der Waals surface area (Å²) in [6.07, 6.45) is 0. The average Bonchev–Trinajstić information content (AvgIpc) is 2.00. The van der Waals surface area contributed by atoms with Crippen molar-refractivity contribution in [2.45, 2.75) is 32.1 Å². The molecule has 4 nitrogen and oxygen atoms in total. The second kappa shape index (κ2) is 4.79. The normalized spacial score (nSPS) is 15.1. The van der Waals surface area contributed by atoms with E-state index in [-0.39, 0.29) is 11.3 Å². The van der Waals surface area contributed by atoms with Crippen molar-refractivity contribution in [1.29, 1.82) is 0 Å². The lowest BCUT2D eigenvalue weighted by molar-refractivity contribution is 0.548. The Bertz CT molecular complexity index is 211. The first kappa shape index (κ1) is 11.9. The molecule has 0 rings (SSSR count). The summed E-state index contributed by atoms with van der Waals surface area (Å²) >= 11 is 0. The Labute approximate surface area is 74.8 Å². The summed E-state index contributed by atoms with van der Waals surface area (Å²) in [6, 6.07) is 0.165. The Morgan fingerprint density at radius 3 is 2.08 bits per heavy atom. The van der Waals surface area contributed by atoms with Crippen LogP contribution in [0.5, 0.6) is 0 Å². The Balaban J connectivity index is 3.94. The predicted octanol–water partition coefficient (Wildman–Crippen LogP) is -0.0779. The van der Waals surface area contributed by atoms with Crippen molar-refractivity contribution in [1.82, 2.24) is 10.0 Å². The van der Waals surface area contributed by atoms with Crippen LogP contribution in [0.1, 0.15) is 20.8 Å². The van der Waals surface area contributed by atoms with Crippen molar-refractivity contribution >= 4 is 10.0 Å². The van der Waals surface area contributed by atoms with Crippen LogP contribution in [-0.4, -0.2) is 33.3 Å². The van der Waals surface area contributed by atoms with Crippen LogP contribution < -0.4 is 10.0 Å². The number of nitrogens with one attached hydrogen (secondary N) is 2. The van der Waals surface area contributed by atoms with Crippen LogP contribution in [0.15, 0.2) is 0 Å². The molecule has 0 bridgehead atoms. The van der Waals surface area contributed by atoms with E-state index < -0.39 is 10.0 Å². The van der Waals surface area contributed by atoms with Gasteiger partial charge in [-0.05, 0) is 27.8 Å². The molecule has 0 aliphatic heterocycles. The van der Waals surface area contributed by atoms with Gasteiger partial charge in [0.15, 0.2) is 0 Å². The van der Waals surface area contributed by atoms with E-state index in [1.165, 1.54) is 0 Å². The van der Waals surface area contributed by atoms with Crippen molar-refractivity contribution in [2.75, 3.05) is 13.6 Å². The first-order valence-corrected chi connectivity index (χ1v) is 5.60. The van der Waals surface area contributed by atoms with Gasteiger partial charge < -0.3 is 5.32 Å². The number of rotatable bonds is 5. The second-order valence-electron chi connectivity index (χ2n) is 3.13. The third-order valence-corrected chi connectivity index (χ3v) is 3.51. The van der Waals surface area contributed by atoms with Crippen LogP contribution in [0.25, 0.3) is 0 Å². The number of hydrogen-bond acceptors (Lipinski definition) is 3. The molecule has 12 heavy (non-hydrogen) atoms. The minimum Gasteiger partial charge on any atom is -0.316 e. The van der Waals surface area contributed by atoms with E-state index in [0.717, 1.165) is 0 Å². The van der Waals surface area contributed by atoms with Gasteiger partial charge in [0.05, 0.1) is 5.25 Å². The van der Waals surface area contributed by atoms with Crippen LogP contribution in [-0.2, 0) is 10.0 Å². The van der Waals surface area contributed by atoms with Gasteiger partial charge in [0.2, 0.25) is 10.0 Å². The molecule has 0 aromatic carbocycles. The van der Waals surface area contributed by atoms with E-state index in [0.29, 0.717) is 6.54 Å². The van der Waals surface area contributed by atoms with Gasteiger partial charge in [0, 0.05) is 12.6 Å². The lowest BCUT2D eigenvalue weighted by atomic mass is 10.4. The maximum atomic E-state index is 11.2. The molecule has 5 heteroatoms. The zero-order chi connectivity index (χ0) is 9.78. The minimum absolute atomic E-state index is 0.165.